The van der Waals surface area contributed by atoms with Crippen molar-refractivity contribution in [1.29, 1.82) is 5.26 Å². The molecule has 0 heterocycles. The number of allylic oxidation sites excluding steroid dienone is 4. The molecular formula is C9H9NO2. The van der Waals surface area contributed by atoms with Crippen LogP contribution in [0.15, 0.2) is 24.3 Å². The first kappa shape index (κ1) is 8.54. The summed E-state index contributed by atoms with van der Waals surface area (Å²) < 4.78 is 0. The van der Waals surface area contributed by atoms with Gasteiger partial charge in [0.2, 0.25) is 0 Å². The van der Waals surface area contributed by atoms with E-state index >= 15 is 0 Å². The average molecular weight is 163 g/mol. The molecule has 1 aliphatic rings. The summed E-state index contributed by atoms with van der Waals surface area (Å²) in [7, 11) is 0. The third-order valence-corrected chi connectivity index (χ3v) is 1.75. The predicted octanol–water partition coefficient (Wildman–Crippen LogP) is 1.49. The number of carboxylic acids is 1. The van der Waals surface area contributed by atoms with Crippen molar-refractivity contribution < 1.29 is 9.90 Å². The fraction of sp³-hybridized carbons (Fsp3) is 0.333. The van der Waals surface area contributed by atoms with Gasteiger partial charge in [0.25, 0.3) is 0 Å². The fourth-order valence-electron chi connectivity index (χ4n) is 1.17. The third-order valence-electron chi connectivity index (χ3n) is 1.75. The summed E-state index contributed by atoms with van der Waals surface area (Å²) in [5.41, 5.74) is -0.913. The molecule has 0 fully saturated rings. The van der Waals surface area contributed by atoms with Crippen LogP contribution < -0.4 is 0 Å². The largest absolute Gasteiger partial charge is 0.481 e. The SMILES string of the molecule is N#CC1(CC(=O)O)C=CCC=C1. The van der Waals surface area contributed by atoms with Crippen LogP contribution in [0.25, 0.3) is 0 Å². The lowest BCUT2D eigenvalue weighted by Crippen LogP contribution is -2.18. The maximum atomic E-state index is 10.4. The molecule has 3 nitrogen and oxygen atoms in total. The molecular weight excluding hydrogens is 154 g/mol. The highest BCUT2D eigenvalue weighted by Crippen LogP contribution is 2.28. The van der Waals surface area contributed by atoms with Crippen LogP contribution >= 0.6 is 0 Å². The minimum atomic E-state index is -0.951. The standard InChI is InChI=1S/C9H9NO2/c10-7-9(6-8(11)12)4-2-1-3-5-9/h2-5H,1,6H2,(H,11,12). The average Bonchev–Trinajstić information content (AvgIpc) is 2.05. The van der Waals surface area contributed by atoms with Gasteiger partial charge in [0.15, 0.2) is 0 Å². The first-order valence-electron chi connectivity index (χ1n) is 3.67. The van der Waals surface area contributed by atoms with Gasteiger partial charge in [-0.25, -0.2) is 0 Å². The van der Waals surface area contributed by atoms with Crippen LogP contribution in [-0.4, -0.2) is 11.1 Å². The van der Waals surface area contributed by atoms with Gasteiger partial charge < -0.3 is 5.11 Å². The van der Waals surface area contributed by atoms with Crippen LogP contribution in [0.3, 0.4) is 0 Å². The molecule has 0 unspecified atom stereocenters. The van der Waals surface area contributed by atoms with Crippen LogP contribution in [0.1, 0.15) is 12.8 Å². The van der Waals surface area contributed by atoms with Gasteiger partial charge in [0, 0.05) is 0 Å². The highest BCUT2D eigenvalue weighted by molar-refractivity contribution is 5.69. The Morgan fingerprint density at radius 2 is 2.17 bits per heavy atom. The summed E-state index contributed by atoms with van der Waals surface area (Å²) in [4.78, 5) is 10.4. The minimum Gasteiger partial charge on any atom is -0.481 e. The van der Waals surface area contributed by atoms with Crippen LogP contribution in [0, 0.1) is 16.7 Å². The second kappa shape index (κ2) is 3.22. The highest BCUT2D eigenvalue weighted by atomic mass is 16.4. The Labute approximate surface area is 70.6 Å². The molecule has 0 aromatic carbocycles. The van der Waals surface area contributed by atoms with Crippen molar-refractivity contribution in [3.63, 3.8) is 0 Å². The molecule has 1 rings (SSSR count). The molecule has 0 saturated carbocycles. The molecule has 12 heavy (non-hydrogen) atoms. The Morgan fingerprint density at radius 3 is 2.58 bits per heavy atom. The van der Waals surface area contributed by atoms with Crippen molar-refractivity contribution in [2.45, 2.75) is 12.8 Å². The van der Waals surface area contributed by atoms with Crippen molar-refractivity contribution >= 4 is 5.97 Å². The number of carbonyl (C=O) groups is 1. The summed E-state index contributed by atoms with van der Waals surface area (Å²) in [6, 6.07) is 1.99. The van der Waals surface area contributed by atoms with E-state index in [2.05, 4.69) is 0 Å². The maximum Gasteiger partial charge on any atom is 0.305 e. The minimum absolute atomic E-state index is 0.156. The third kappa shape index (κ3) is 1.73. The first-order valence-corrected chi connectivity index (χ1v) is 3.67. The van der Waals surface area contributed by atoms with Gasteiger partial charge in [-0.15, -0.1) is 0 Å². The van der Waals surface area contributed by atoms with Crippen molar-refractivity contribution in [2.75, 3.05) is 0 Å². The lowest BCUT2D eigenvalue weighted by Gasteiger charge is -2.17. The smallest absolute Gasteiger partial charge is 0.305 e. The van der Waals surface area contributed by atoms with E-state index in [1.54, 1.807) is 12.2 Å². The van der Waals surface area contributed by atoms with Gasteiger partial charge in [-0.1, -0.05) is 24.3 Å². The number of nitrogens with zero attached hydrogens (tertiary/aromatic N) is 1. The predicted molar refractivity (Wildman–Crippen MR) is 43.2 cm³/mol. The lowest BCUT2D eigenvalue weighted by atomic mass is 9.83. The molecule has 3 heteroatoms. The second-order valence-corrected chi connectivity index (χ2v) is 2.76. The van der Waals surface area contributed by atoms with Gasteiger partial charge in [0.1, 0.15) is 5.41 Å². The maximum absolute atomic E-state index is 10.4. The Hall–Kier alpha value is -1.56. The second-order valence-electron chi connectivity index (χ2n) is 2.76. The van der Waals surface area contributed by atoms with Gasteiger partial charge in [0.05, 0.1) is 12.5 Å². The molecule has 0 atom stereocenters. The lowest BCUT2D eigenvalue weighted by molar-refractivity contribution is -0.138. The van der Waals surface area contributed by atoms with Gasteiger partial charge >= 0.3 is 5.97 Å². The van der Waals surface area contributed by atoms with E-state index < -0.39 is 11.4 Å². The monoisotopic (exact) mass is 163 g/mol. The summed E-state index contributed by atoms with van der Waals surface area (Å²) in [5.74, 6) is -0.951. The van der Waals surface area contributed by atoms with Gasteiger partial charge in [-0.2, -0.15) is 5.26 Å². The molecule has 0 aliphatic heterocycles. The van der Waals surface area contributed by atoms with Crippen molar-refractivity contribution in [1.82, 2.24) is 0 Å². The molecule has 0 amide bonds. The van der Waals surface area contributed by atoms with Crippen molar-refractivity contribution in [3.8, 4) is 6.07 Å². The molecule has 1 N–H and O–H groups in total. The van der Waals surface area contributed by atoms with Crippen LogP contribution in [0.2, 0.25) is 0 Å². The Kier molecular flexibility index (Phi) is 2.29. The quantitative estimate of drug-likeness (QED) is 0.627. The highest BCUT2D eigenvalue weighted by Gasteiger charge is 2.27. The summed E-state index contributed by atoms with van der Waals surface area (Å²) in [5, 5.41) is 17.3. The summed E-state index contributed by atoms with van der Waals surface area (Å²) in [6.07, 6.45) is 7.56. The van der Waals surface area contributed by atoms with Crippen molar-refractivity contribution in [2.24, 2.45) is 5.41 Å². The molecule has 0 spiro atoms. The zero-order valence-corrected chi connectivity index (χ0v) is 6.53. The number of carboxylic acid groups (broad SMARTS) is 1. The molecule has 62 valence electrons. The van der Waals surface area contributed by atoms with E-state index in [1.165, 1.54) is 0 Å². The summed E-state index contributed by atoms with van der Waals surface area (Å²) >= 11 is 0. The number of aliphatic carboxylic acids is 1. The van der Waals surface area contributed by atoms with Gasteiger partial charge in [-0.05, 0) is 6.42 Å². The zero-order chi connectivity index (χ0) is 9.03. The topological polar surface area (TPSA) is 61.1 Å². The molecule has 0 radical (unpaired) electrons. The summed E-state index contributed by atoms with van der Waals surface area (Å²) in [6.45, 7) is 0. The Balaban J connectivity index is 2.83. The number of nitriles is 1. The molecule has 1 aliphatic carbocycles. The van der Waals surface area contributed by atoms with E-state index in [-0.39, 0.29) is 6.42 Å². The van der Waals surface area contributed by atoms with Crippen LogP contribution in [0.5, 0.6) is 0 Å². The molecule has 0 aromatic rings. The number of hydrogen-bond acceptors (Lipinski definition) is 2. The molecule has 0 aromatic heterocycles. The molecule has 0 saturated heterocycles. The first-order chi connectivity index (χ1) is 5.68. The van der Waals surface area contributed by atoms with Gasteiger partial charge in [-0.3, -0.25) is 4.79 Å². The van der Waals surface area contributed by atoms with Crippen molar-refractivity contribution in [3.05, 3.63) is 24.3 Å². The van der Waals surface area contributed by atoms with E-state index in [0.29, 0.717) is 0 Å². The van der Waals surface area contributed by atoms with E-state index in [0.717, 1.165) is 6.42 Å². The number of hydrogen-bond donors (Lipinski definition) is 1. The molecule has 0 bridgehead atoms. The van der Waals surface area contributed by atoms with E-state index in [4.69, 9.17) is 10.4 Å². The number of rotatable bonds is 2. The van der Waals surface area contributed by atoms with E-state index in [1.807, 2.05) is 18.2 Å². The normalized spacial score (nSPS) is 18.6. The zero-order valence-electron chi connectivity index (χ0n) is 6.53. The van der Waals surface area contributed by atoms with E-state index in [9.17, 15) is 4.79 Å². The Bertz CT molecular complexity index is 271. The fourth-order valence-corrected chi connectivity index (χ4v) is 1.17. The Morgan fingerprint density at radius 1 is 1.58 bits per heavy atom. The van der Waals surface area contributed by atoms with Crippen LogP contribution in [0.4, 0.5) is 0 Å². The van der Waals surface area contributed by atoms with Crippen LogP contribution in [-0.2, 0) is 4.79 Å².